The smallest absolute Gasteiger partial charge is 0.342 e. The third-order valence-corrected chi connectivity index (χ3v) is 6.41. The van der Waals surface area contributed by atoms with Gasteiger partial charge in [-0.1, -0.05) is 18.2 Å². The SMILES string of the molecule is COC(=O)C1CCN(C(=O)COC(=O)c2cc(CN3C(=O)c4ccccc4C3=O)ccc2OC)CC1. The summed E-state index contributed by atoms with van der Waals surface area (Å²) in [7, 11) is 2.73. The molecule has 0 unspecified atom stereocenters. The van der Waals surface area contributed by atoms with Crippen LogP contribution in [0.25, 0.3) is 0 Å². The Balaban J connectivity index is 1.39. The summed E-state index contributed by atoms with van der Waals surface area (Å²) in [6, 6.07) is 11.3. The van der Waals surface area contributed by atoms with E-state index in [9.17, 15) is 24.0 Å². The number of amides is 3. The molecule has 3 amide bonds. The molecule has 1 saturated heterocycles. The molecule has 2 aromatic rings. The molecule has 1 fully saturated rings. The first-order valence-electron chi connectivity index (χ1n) is 11.5. The second kappa shape index (κ2) is 10.6. The van der Waals surface area contributed by atoms with Crippen LogP contribution in [0.2, 0.25) is 0 Å². The van der Waals surface area contributed by atoms with Crippen LogP contribution >= 0.6 is 0 Å². The number of benzene rings is 2. The van der Waals surface area contributed by atoms with Gasteiger partial charge in [0.1, 0.15) is 11.3 Å². The lowest BCUT2D eigenvalue weighted by Gasteiger charge is -2.30. The molecule has 0 radical (unpaired) electrons. The van der Waals surface area contributed by atoms with Gasteiger partial charge in [0.25, 0.3) is 17.7 Å². The Kier molecular flexibility index (Phi) is 7.33. The number of hydrogen-bond donors (Lipinski definition) is 0. The second-order valence-corrected chi connectivity index (χ2v) is 8.53. The number of imide groups is 1. The molecular weight excluding hydrogens is 468 g/mol. The van der Waals surface area contributed by atoms with Crippen LogP contribution < -0.4 is 4.74 Å². The number of carbonyl (C=O) groups is 5. The van der Waals surface area contributed by atoms with Gasteiger partial charge in [-0.2, -0.15) is 0 Å². The molecule has 2 aliphatic heterocycles. The molecule has 188 valence electrons. The highest BCUT2D eigenvalue weighted by molar-refractivity contribution is 6.21. The highest BCUT2D eigenvalue weighted by atomic mass is 16.5. The number of rotatable bonds is 7. The molecule has 36 heavy (non-hydrogen) atoms. The number of nitrogens with zero attached hydrogens (tertiary/aromatic N) is 2. The average molecular weight is 495 g/mol. The number of esters is 2. The van der Waals surface area contributed by atoms with Gasteiger partial charge in [0.15, 0.2) is 6.61 Å². The molecule has 0 N–H and O–H groups in total. The maximum atomic E-state index is 12.8. The van der Waals surface area contributed by atoms with Crippen molar-refractivity contribution in [2.75, 3.05) is 33.9 Å². The van der Waals surface area contributed by atoms with Gasteiger partial charge in [-0.25, -0.2) is 4.79 Å². The highest BCUT2D eigenvalue weighted by Crippen LogP contribution is 2.27. The topological polar surface area (TPSA) is 120 Å². The summed E-state index contributed by atoms with van der Waals surface area (Å²) in [5.74, 6) is -2.24. The van der Waals surface area contributed by atoms with Crippen LogP contribution in [0.1, 0.15) is 49.5 Å². The molecule has 0 spiro atoms. The van der Waals surface area contributed by atoms with Crippen LogP contribution in [0.4, 0.5) is 0 Å². The van der Waals surface area contributed by atoms with Gasteiger partial charge in [0.05, 0.1) is 37.8 Å². The highest BCUT2D eigenvalue weighted by Gasteiger charge is 2.35. The van der Waals surface area contributed by atoms with E-state index >= 15 is 0 Å². The van der Waals surface area contributed by atoms with E-state index in [1.54, 1.807) is 41.3 Å². The molecule has 0 atom stereocenters. The molecule has 10 heteroatoms. The monoisotopic (exact) mass is 494 g/mol. The summed E-state index contributed by atoms with van der Waals surface area (Å²) in [5.41, 5.74) is 1.27. The first-order valence-corrected chi connectivity index (χ1v) is 11.5. The Morgan fingerprint density at radius 1 is 0.944 bits per heavy atom. The van der Waals surface area contributed by atoms with Crippen molar-refractivity contribution in [3.05, 3.63) is 64.7 Å². The van der Waals surface area contributed by atoms with Crippen LogP contribution in [0.5, 0.6) is 5.75 Å². The molecule has 4 rings (SSSR count). The van der Waals surface area contributed by atoms with E-state index in [0.717, 1.165) is 4.90 Å². The van der Waals surface area contributed by atoms with Crippen molar-refractivity contribution in [1.29, 1.82) is 0 Å². The van der Waals surface area contributed by atoms with E-state index in [-0.39, 0.29) is 35.7 Å². The third-order valence-electron chi connectivity index (χ3n) is 6.41. The summed E-state index contributed by atoms with van der Waals surface area (Å²) >= 11 is 0. The molecule has 0 bridgehead atoms. The fourth-order valence-corrected chi connectivity index (χ4v) is 4.41. The van der Waals surface area contributed by atoms with E-state index in [1.165, 1.54) is 20.3 Å². The van der Waals surface area contributed by atoms with E-state index < -0.39 is 24.4 Å². The lowest BCUT2D eigenvalue weighted by Crippen LogP contribution is -2.42. The van der Waals surface area contributed by atoms with E-state index in [1.807, 2.05) is 0 Å². The molecule has 2 heterocycles. The minimum Gasteiger partial charge on any atom is -0.496 e. The minimum absolute atomic E-state index is 0.0370. The number of methoxy groups -OCH3 is 2. The summed E-state index contributed by atoms with van der Waals surface area (Å²) in [5, 5.41) is 0. The molecule has 0 saturated carbocycles. The quantitative estimate of drug-likeness (QED) is 0.424. The van der Waals surface area contributed by atoms with Crippen molar-refractivity contribution in [1.82, 2.24) is 9.80 Å². The van der Waals surface area contributed by atoms with Crippen LogP contribution in [-0.2, 0) is 25.6 Å². The standard InChI is InChI=1S/C26H26N2O8/c1-34-21-8-7-16(14-28-23(30)18-5-3-4-6-19(18)24(28)31)13-20(21)26(33)36-15-22(29)27-11-9-17(10-12-27)25(32)35-2/h3-8,13,17H,9-12,14-15H2,1-2H3. The molecule has 2 aliphatic rings. The van der Waals surface area contributed by atoms with Gasteiger partial charge in [-0.3, -0.25) is 24.1 Å². The van der Waals surface area contributed by atoms with Gasteiger partial charge < -0.3 is 19.1 Å². The number of likely N-dealkylation sites (tertiary alicyclic amines) is 1. The molecule has 0 aliphatic carbocycles. The normalized spacial score (nSPS) is 15.5. The summed E-state index contributed by atoms with van der Waals surface area (Å²) in [4.78, 5) is 65.0. The number of hydrogen-bond acceptors (Lipinski definition) is 8. The summed E-state index contributed by atoms with van der Waals surface area (Å²) in [6.07, 6.45) is 0.972. The fraction of sp³-hybridized carbons (Fsp3) is 0.346. The van der Waals surface area contributed by atoms with Gasteiger partial charge in [0.2, 0.25) is 0 Å². The maximum absolute atomic E-state index is 12.8. The lowest BCUT2D eigenvalue weighted by molar-refractivity contribution is -0.149. The van der Waals surface area contributed by atoms with Gasteiger partial charge in [-0.05, 0) is 42.7 Å². The van der Waals surface area contributed by atoms with Gasteiger partial charge in [-0.15, -0.1) is 0 Å². The van der Waals surface area contributed by atoms with Crippen molar-refractivity contribution >= 4 is 29.7 Å². The van der Waals surface area contributed by atoms with E-state index in [0.29, 0.717) is 42.6 Å². The summed E-state index contributed by atoms with van der Waals surface area (Å²) in [6.45, 7) is 0.239. The number of fused-ring (bicyclic) bond motifs is 1. The van der Waals surface area contributed by atoms with E-state index in [4.69, 9.17) is 14.2 Å². The molecule has 2 aromatic carbocycles. The van der Waals surface area contributed by atoms with Crippen LogP contribution in [0.3, 0.4) is 0 Å². The van der Waals surface area contributed by atoms with Crippen LogP contribution in [-0.4, -0.2) is 73.4 Å². The average Bonchev–Trinajstić information content (AvgIpc) is 3.16. The fourth-order valence-electron chi connectivity index (χ4n) is 4.41. The Bertz CT molecular complexity index is 1180. The zero-order chi connectivity index (χ0) is 25.8. The van der Waals surface area contributed by atoms with Crippen LogP contribution in [0.15, 0.2) is 42.5 Å². The summed E-state index contributed by atoms with van der Waals surface area (Å²) < 4.78 is 15.3. The Labute approximate surface area is 207 Å². The first kappa shape index (κ1) is 24.9. The Hall–Kier alpha value is -4.21. The first-order chi connectivity index (χ1) is 17.3. The van der Waals surface area contributed by atoms with E-state index in [2.05, 4.69) is 0 Å². The van der Waals surface area contributed by atoms with Crippen molar-refractivity contribution in [2.45, 2.75) is 19.4 Å². The zero-order valence-corrected chi connectivity index (χ0v) is 20.0. The molecular formula is C26H26N2O8. The molecule has 0 aromatic heterocycles. The predicted molar refractivity (Wildman–Crippen MR) is 125 cm³/mol. The van der Waals surface area contributed by atoms with Crippen molar-refractivity contribution in [2.24, 2.45) is 5.92 Å². The Morgan fingerprint density at radius 2 is 1.58 bits per heavy atom. The maximum Gasteiger partial charge on any atom is 0.342 e. The number of piperidine rings is 1. The Morgan fingerprint density at radius 3 is 2.17 bits per heavy atom. The van der Waals surface area contributed by atoms with Crippen molar-refractivity contribution in [3.63, 3.8) is 0 Å². The second-order valence-electron chi connectivity index (χ2n) is 8.53. The number of carbonyl (C=O) groups excluding carboxylic acids is 5. The zero-order valence-electron chi connectivity index (χ0n) is 20.0. The van der Waals surface area contributed by atoms with Crippen molar-refractivity contribution in [3.8, 4) is 5.75 Å². The predicted octanol–water partition coefficient (Wildman–Crippen LogP) is 2.06. The largest absolute Gasteiger partial charge is 0.496 e. The number of ether oxygens (including phenoxy) is 3. The van der Waals surface area contributed by atoms with Crippen LogP contribution in [0, 0.1) is 5.92 Å². The third kappa shape index (κ3) is 4.93. The van der Waals surface area contributed by atoms with Gasteiger partial charge in [0, 0.05) is 13.1 Å². The minimum atomic E-state index is -0.770. The lowest BCUT2D eigenvalue weighted by atomic mass is 9.97. The van der Waals surface area contributed by atoms with Crippen molar-refractivity contribution < 1.29 is 38.2 Å². The van der Waals surface area contributed by atoms with Gasteiger partial charge >= 0.3 is 11.9 Å². The molecule has 10 nitrogen and oxygen atoms in total.